The minimum Gasteiger partial charge on any atom is -0.356 e. The fraction of sp³-hybridized carbons (Fsp3) is 0.800. The molecule has 2 atom stereocenters. The average molecular weight is 195 g/mol. The van der Waals surface area contributed by atoms with Crippen LogP contribution < -0.4 is 10.6 Å². The first kappa shape index (κ1) is 11.0. The third-order valence-corrected chi connectivity index (χ3v) is 2.63. The summed E-state index contributed by atoms with van der Waals surface area (Å²) >= 11 is 0. The molecule has 1 rings (SSSR count). The number of nitrogens with zero attached hydrogens (tertiary/aromatic N) is 1. The molecule has 0 aromatic rings. The molecule has 0 aromatic carbocycles. The maximum atomic E-state index is 11.6. The Labute approximate surface area is 84.7 Å². The molecule has 0 aliphatic carbocycles. The molecule has 0 spiro atoms. The fourth-order valence-corrected chi connectivity index (χ4v) is 1.73. The van der Waals surface area contributed by atoms with Crippen LogP contribution in [0, 0.1) is 17.2 Å². The summed E-state index contributed by atoms with van der Waals surface area (Å²) in [6, 6.07) is 2.34. The van der Waals surface area contributed by atoms with Crippen molar-refractivity contribution in [2.45, 2.75) is 32.2 Å². The Kier molecular flexibility index (Phi) is 4.41. The van der Waals surface area contributed by atoms with Crippen molar-refractivity contribution in [3.8, 4) is 6.07 Å². The Bertz CT molecular complexity index is 234. The molecule has 0 bridgehead atoms. The van der Waals surface area contributed by atoms with Gasteiger partial charge in [-0.2, -0.15) is 5.26 Å². The third-order valence-electron chi connectivity index (χ3n) is 2.63. The summed E-state index contributed by atoms with van der Waals surface area (Å²) in [5.41, 5.74) is 0. The number of rotatable bonds is 4. The van der Waals surface area contributed by atoms with Crippen molar-refractivity contribution in [3.63, 3.8) is 0 Å². The van der Waals surface area contributed by atoms with Crippen LogP contribution in [0.15, 0.2) is 0 Å². The number of amides is 1. The van der Waals surface area contributed by atoms with E-state index in [1.807, 2.05) is 6.92 Å². The monoisotopic (exact) mass is 195 g/mol. The van der Waals surface area contributed by atoms with E-state index >= 15 is 0 Å². The van der Waals surface area contributed by atoms with Gasteiger partial charge in [0, 0.05) is 19.0 Å². The van der Waals surface area contributed by atoms with Crippen LogP contribution in [0.5, 0.6) is 0 Å². The van der Waals surface area contributed by atoms with Crippen molar-refractivity contribution in [1.29, 1.82) is 5.26 Å². The Morgan fingerprint density at radius 3 is 3.07 bits per heavy atom. The molecular weight excluding hydrogens is 178 g/mol. The van der Waals surface area contributed by atoms with Crippen LogP contribution in [0.2, 0.25) is 0 Å². The molecule has 4 nitrogen and oxygen atoms in total. The lowest BCUT2D eigenvalue weighted by Gasteiger charge is -2.14. The van der Waals surface area contributed by atoms with Gasteiger partial charge in [-0.15, -0.1) is 0 Å². The first-order valence-electron chi connectivity index (χ1n) is 5.13. The lowest BCUT2D eigenvalue weighted by atomic mass is 10.0. The Morgan fingerprint density at radius 1 is 1.71 bits per heavy atom. The van der Waals surface area contributed by atoms with Gasteiger partial charge in [-0.05, 0) is 26.3 Å². The summed E-state index contributed by atoms with van der Waals surface area (Å²) < 4.78 is 0. The van der Waals surface area contributed by atoms with E-state index in [2.05, 4.69) is 16.7 Å². The molecule has 2 N–H and O–H groups in total. The minimum absolute atomic E-state index is 0.108. The summed E-state index contributed by atoms with van der Waals surface area (Å²) in [6.07, 6.45) is 2.18. The molecule has 0 aromatic heterocycles. The molecule has 1 fully saturated rings. The van der Waals surface area contributed by atoms with Crippen LogP contribution in [0.25, 0.3) is 0 Å². The molecule has 14 heavy (non-hydrogen) atoms. The van der Waals surface area contributed by atoms with E-state index in [0.717, 1.165) is 19.4 Å². The Hall–Kier alpha value is -1.08. The van der Waals surface area contributed by atoms with Crippen LogP contribution in [0.3, 0.4) is 0 Å². The second-order valence-corrected chi connectivity index (χ2v) is 3.69. The molecule has 0 saturated carbocycles. The molecule has 0 radical (unpaired) electrons. The van der Waals surface area contributed by atoms with Crippen molar-refractivity contribution in [3.05, 3.63) is 0 Å². The van der Waals surface area contributed by atoms with E-state index in [1.54, 1.807) is 0 Å². The SMILES string of the molecule is CC1NCCC1C(=O)NCCCC#N. The van der Waals surface area contributed by atoms with Gasteiger partial charge in [0.2, 0.25) is 5.91 Å². The Morgan fingerprint density at radius 2 is 2.50 bits per heavy atom. The van der Waals surface area contributed by atoms with Gasteiger partial charge in [-0.25, -0.2) is 0 Å². The standard InChI is InChI=1S/C10H17N3O/c1-8-9(4-7-12-8)10(14)13-6-3-2-5-11/h8-9,12H,2-4,6-7H2,1H3,(H,13,14). The number of unbranched alkanes of at least 4 members (excludes halogenated alkanes) is 1. The van der Waals surface area contributed by atoms with Crippen molar-refractivity contribution < 1.29 is 4.79 Å². The molecule has 1 aliphatic heterocycles. The highest BCUT2D eigenvalue weighted by molar-refractivity contribution is 5.79. The number of carbonyl (C=O) groups excluding carboxylic acids is 1. The smallest absolute Gasteiger partial charge is 0.224 e. The maximum Gasteiger partial charge on any atom is 0.224 e. The molecule has 2 unspecified atom stereocenters. The summed E-state index contributed by atoms with van der Waals surface area (Å²) in [6.45, 7) is 3.58. The second kappa shape index (κ2) is 5.61. The summed E-state index contributed by atoms with van der Waals surface area (Å²) in [4.78, 5) is 11.6. The maximum absolute atomic E-state index is 11.6. The number of nitrogens with one attached hydrogen (secondary N) is 2. The highest BCUT2D eigenvalue weighted by atomic mass is 16.1. The molecular formula is C10H17N3O. The van der Waals surface area contributed by atoms with E-state index in [0.29, 0.717) is 13.0 Å². The average Bonchev–Trinajstić information content (AvgIpc) is 2.59. The van der Waals surface area contributed by atoms with Crippen LogP contribution >= 0.6 is 0 Å². The number of carbonyl (C=O) groups is 1. The van der Waals surface area contributed by atoms with Gasteiger partial charge >= 0.3 is 0 Å². The summed E-state index contributed by atoms with van der Waals surface area (Å²) in [5.74, 6) is 0.234. The highest BCUT2D eigenvalue weighted by Crippen LogP contribution is 2.14. The van der Waals surface area contributed by atoms with E-state index in [1.165, 1.54) is 0 Å². The van der Waals surface area contributed by atoms with Gasteiger partial charge in [0.05, 0.1) is 12.0 Å². The van der Waals surface area contributed by atoms with Crippen molar-refractivity contribution in [2.75, 3.05) is 13.1 Å². The van der Waals surface area contributed by atoms with Gasteiger partial charge in [0.15, 0.2) is 0 Å². The Balaban J connectivity index is 2.18. The molecule has 1 amide bonds. The zero-order valence-corrected chi connectivity index (χ0v) is 8.55. The molecule has 1 aliphatic rings. The summed E-state index contributed by atoms with van der Waals surface area (Å²) in [5, 5.41) is 14.4. The van der Waals surface area contributed by atoms with Crippen molar-refractivity contribution in [2.24, 2.45) is 5.92 Å². The van der Waals surface area contributed by atoms with Gasteiger partial charge in [-0.1, -0.05) is 0 Å². The van der Waals surface area contributed by atoms with Crippen LogP contribution in [-0.2, 0) is 4.79 Å². The third kappa shape index (κ3) is 3.00. The second-order valence-electron chi connectivity index (χ2n) is 3.69. The van der Waals surface area contributed by atoms with Gasteiger partial charge in [0.25, 0.3) is 0 Å². The molecule has 78 valence electrons. The van der Waals surface area contributed by atoms with Crippen LogP contribution in [0.1, 0.15) is 26.2 Å². The molecule has 1 saturated heterocycles. The van der Waals surface area contributed by atoms with E-state index in [-0.39, 0.29) is 17.9 Å². The first-order chi connectivity index (χ1) is 6.75. The minimum atomic E-state index is 0.108. The highest BCUT2D eigenvalue weighted by Gasteiger charge is 2.28. The fourth-order valence-electron chi connectivity index (χ4n) is 1.73. The van der Waals surface area contributed by atoms with E-state index in [9.17, 15) is 4.79 Å². The lowest BCUT2D eigenvalue weighted by molar-refractivity contribution is -0.125. The van der Waals surface area contributed by atoms with E-state index in [4.69, 9.17) is 5.26 Å². The van der Waals surface area contributed by atoms with Crippen molar-refractivity contribution in [1.82, 2.24) is 10.6 Å². The van der Waals surface area contributed by atoms with Crippen LogP contribution in [0.4, 0.5) is 0 Å². The van der Waals surface area contributed by atoms with E-state index < -0.39 is 0 Å². The number of nitriles is 1. The van der Waals surface area contributed by atoms with Crippen LogP contribution in [-0.4, -0.2) is 25.0 Å². The summed E-state index contributed by atoms with van der Waals surface area (Å²) in [7, 11) is 0. The molecule has 1 heterocycles. The van der Waals surface area contributed by atoms with Gasteiger partial charge in [-0.3, -0.25) is 4.79 Å². The van der Waals surface area contributed by atoms with Gasteiger partial charge < -0.3 is 10.6 Å². The van der Waals surface area contributed by atoms with Crippen molar-refractivity contribution >= 4 is 5.91 Å². The van der Waals surface area contributed by atoms with Gasteiger partial charge in [0.1, 0.15) is 0 Å². The predicted octanol–water partition coefficient (Wildman–Crippen LogP) is 0.404. The molecule has 4 heteroatoms. The largest absolute Gasteiger partial charge is 0.356 e. The first-order valence-corrected chi connectivity index (χ1v) is 5.13. The topological polar surface area (TPSA) is 64.9 Å². The normalized spacial score (nSPS) is 25.7. The predicted molar refractivity (Wildman–Crippen MR) is 53.4 cm³/mol. The quantitative estimate of drug-likeness (QED) is 0.638. The number of hydrogen-bond acceptors (Lipinski definition) is 3. The zero-order chi connectivity index (χ0) is 10.4. The lowest BCUT2D eigenvalue weighted by Crippen LogP contribution is -2.37. The number of hydrogen-bond donors (Lipinski definition) is 2. The zero-order valence-electron chi connectivity index (χ0n) is 8.55.